The minimum absolute atomic E-state index is 0.0413. The molecule has 0 spiro atoms. The van der Waals surface area contributed by atoms with Crippen molar-refractivity contribution < 1.29 is 18.0 Å². The number of hydrogen-bond acceptors (Lipinski definition) is 6. The Bertz CT molecular complexity index is 676. The molecule has 4 N–H and O–H groups in total. The van der Waals surface area contributed by atoms with Gasteiger partial charge in [-0.15, -0.1) is 0 Å². The number of nitrogens with one attached hydrogen (secondary N) is 1. The number of aliphatic hydroxyl groups is 1. The van der Waals surface area contributed by atoms with E-state index in [4.69, 9.17) is 15.4 Å². The fourth-order valence-electron chi connectivity index (χ4n) is 1.48. The number of rotatable bonds is 4. The van der Waals surface area contributed by atoms with Crippen molar-refractivity contribution in [2.24, 2.45) is 0 Å². The molecule has 8 heteroatoms. The Hall–Kier alpha value is -2.06. The van der Waals surface area contributed by atoms with Gasteiger partial charge in [-0.2, -0.15) is 0 Å². The predicted molar refractivity (Wildman–Crippen MR) is 68.8 cm³/mol. The number of anilines is 2. The van der Waals surface area contributed by atoms with Gasteiger partial charge in [0.05, 0.1) is 22.8 Å². The Labute approximate surface area is 110 Å². The number of aliphatic hydroxyl groups excluding tert-OH is 1. The molecule has 19 heavy (non-hydrogen) atoms. The molecule has 7 nitrogen and oxygen atoms in total. The van der Waals surface area contributed by atoms with Gasteiger partial charge in [-0.05, 0) is 31.2 Å². The number of sulfonamides is 1. The summed E-state index contributed by atoms with van der Waals surface area (Å²) in [7, 11) is -3.80. The van der Waals surface area contributed by atoms with Crippen molar-refractivity contribution in [2.75, 3.05) is 10.5 Å². The van der Waals surface area contributed by atoms with Crippen LogP contribution in [-0.2, 0) is 16.6 Å². The summed E-state index contributed by atoms with van der Waals surface area (Å²) in [5, 5.41) is 12.7. The summed E-state index contributed by atoms with van der Waals surface area (Å²) in [5.41, 5.74) is 6.69. The number of nitrogens with two attached hydrogens (primary N) is 1. The van der Waals surface area contributed by atoms with Crippen molar-refractivity contribution in [3.63, 3.8) is 0 Å². The smallest absolute Gasteiger partial charge is 0.264 e. The quantitative estimate of drug-likeness (QED) is 0.716. The van der Waals surface area contributed by atoms with Crippen molar-refractivity contribution in [2.45, 2.75) is 18.4 Å². The van der Waals surface area contributed by atoms with Crippen LogP contribution in [0.5, 0.6) is 0 Å². The second-order valence-electron chi connectivity index (χ2n) is 3.91. The van der Waals surface area contributed by atoms with Gasteiger partial charge in [-0.3, -0.25) is 0 Å². The molecule has 0 amide bonds. The molecule has 0 atom stereocenters. The zero-order valence-corrected chi connectivity index (χ0v) is 10.9. The van der Waals surface area contributed by atoms with Crippen molar-refractivity contribution >= 4 is 21.6 Å². The largest absolute Gasteiger partial charge is 0.399 e. The fourth-order valence-corrected chi connectivity index (χ4v) is 2.50. The van der Waals surface area contributed by atoms with Crippen molar-refractivity contribution in [3.05, 3.63) is 35.5 Å². The number of aryl methyl sites for hydroxylation is 1. The summed E-state index contributed by atoms with van der Waals surface area (Å²) >= 11 is 0. The van der Waals surface area contributed by atoms with Crippen LogP contribution in [-0.4, -0.2) is 18.7 Å². The topological polar surface area (TPSA) is 118 Å². The summed E-state index contributed by atoms with van der Waals surface area (Å²) in [6.07, 6.45) is 0. The molecule has 0 bridgehead atoms. The van der Waals surface area contributed by atoms with Crippen LogP contribution < -0.4 is 10.5 Å². The van der Waals surface area contributed by atoms with E-state index in [1.165, 1.54) is 24.3 Å². The predicted octanol–water partition coefficient (Wildman–Crippen LogP) is 0.858. The van der Waals surface area contributed by atoms with Crippen molar-refractivity contribution in [3.8, 4) is 0 Å². The number of benzene rings is 1. The molecule has 0 saturated carbocycles. The molecule has 0 aliphatic carbocycles. The second-order valence-corrected chi connectivity index (χ2v) is 5.59. The Morgan fingerprint density at radius 3 is 2.58 bits per heavy atom. The normalized spacial score (nSPS) is 11.5. The van der Waals surface area contributed by atoms with Crippen LogP contribution in [0.3, 0.4) is 0 Å². The lowest BCUT2D eigenvalue weighted by molar-refractivity contribution is 0.281. The van der Waals surface area contributed by atoms with Gasteiger partial charge in [0, 0.05) is 5.69 Å². The molecule has 0 unspecified atom stereocenters. The van der Waals surface area contributed by atoms with E-state index in [1.54, 1.807) is 6.92 Å². The number of aromatic nitrogens is 1. The minimum Gasteiger partial charge on any atom is -0.399 e. The number of nitrogens with zero attached hydrogens (tertiary/aromatic N) is 1. The van der Waals surface area contributed by atoms with Gasteiger partial charge in [0.15, 0.2) is 0 Å². The lowest BCUT2D eigenvalue weighted by atomic mass is 10.3. The third kappa shape index (κ3) is 2.69. The van der Waals surface area contributed by atoms with Crippen LogP contribution in [0.4, 0.5) is 11.6 Å². The van der Waals surface area contributed by atoms with Crippen LogP contribution in [0.15, 0.2) is 33.7 Å². The lowest BCUT2D eigenvalue weighted by Gasteiger charge is -2.06. The molecule has 0 radical (unpaired) electrons. The molecule has 1 aromatic carbocycles. The van der Waals surface area contributed by atoms with E-state index >= 15 is 0 Å². The third-order valence-corrected chi connectivity index (χ3v) is 3.91. The highest BCUT2D eigenvalue weighted by Gasteiger charge is 2.20. The maximum absolute atomic E-state index is 12.1. The Kier molecular flexibility index (Phi) is 3.45. The van der Waals surface area contributed by atoms with E-state index in [9.17, 15) is 8.42 Å². The van der Waals surface area contributed by atoms with Crippen molar-refractivity contribution in [1.29, 1.82) is 0 Å². The summed E-state index contributed by atoms with van der Waals surface area (Å²) in [6, 6.07) is 5.71. The molecule has 2 aromatic rings. The summed E-state index contributed by atoms with van der Waals surface area (Å²) in [5.74, 6) is -0.0863. The molecule has 1 heterocycles. The monoisotopic (exact) mass is 283 g/mol. The fraction of sp³-hybridized carbons (Fsp3) is 0.182. The molecule has 102 valence electrons. The second kappa shape index (κ2) is 4.90. The molecule has 2 rings (SSSR count). The molecular weight excluding hydrogens is 270 g/mol. The Morgan fingerprint density at radius 2 is 2.00 bits per heavy atom. The summed E-state index contributed by atoms with van der Waals surface area (Å²) in [4.78, 5) is 0.0413. The van der Waals surface area contributed by atoms with E-state index < -0.39 is 10.0 Å². The Balaban J connectivity index is 2.33. The van der Waals surface area contributed by atoms with Crippen LogP contribution in [0.25, 0.3) is 0 Å². The molecule has 0 fully saturated rings. The minimum atomic E-state index is -3.80. The van der Waals surface area contributed by atoms with Gasteiger partial charge in [-0.25, -0.2) is 13.1 Å². The standard InChI is InChI=1S/C11H13N3O4S/c1-7-10(6-15)11(18-13-7)14-19(16,17)9-4-2-8(12)3-5-9/h2-5,14-15H,6,12H2,1H3. The highest BCUT2D eigenvalue weighted by atomic mass is 32.2. The van der Waals surface area contributed by atoms with E-state index in [2.05, 4.69) is 9.88 Å². The van der Waals surface area contributed by atoms with Gasteiger partial charge < -0.3 is 15.4 Å². The first-order valence-electron chi connectivity index (χ1n) is 5.38. The molecule has 0 aliphatic heterocycles. The molecule has 0 aliphatic rings. The van der Waals surface area contributed by atoms with E-state index in [0.717, 1.165) is 0 Å². The third-order valence-electron chi connectivity index (χ3n) is 2.56. The van der Waals surface area contributed by atoms with Gasteiger partial charge in [0.25, 0.3) is 10.0 Å². The van der Waals surface area contributed by atoms with Gasteiger partial charge in [0.2, 0.25) is 5.88 Å². The maximum Gasteiger partial charge on any atom is 0.264 e. The SMILES string of the molecule is Cc1noc(NS(=O)(=O)c2ccc(N)cc2)c1CO. The summed E-state index contributed by atoms with van der Waals surface area (Å²) in [6.45, 7) is 1.24. The highest BCUT2D eigenvalue weighted by Crippen LogP contribution is 2.23. The number of hydrogen-bond donors (Lipinski definition) is 3. The first-order chi connectivity index (χ1) is 8.94. The van der Waals surface area contributed by atoms with E-state index in [1.807, 2.05) is 0 Å². The zero-order valence-electron chi connectivity index (χ0n) is 10.1. The van der Waals surface area contributed by atoms with Crippen LogP contribution >= 0.6 is 0 Å². The van der Waals surface area contributed by atoms with Gasteiger partial charge >= 0.3 is 0 Å². The van der Waals surface area contributed by atoms with Gasteiger partial charge in [0.1, 0.15) is 0 Å². The van der Waals surface area contributed by atoms with Crippen molar-refractivity contribution in [1.82, 2.24) is 5.16 Å². The first-order valence-corrected chi connectivity index (χ1v) is 6.86. The number of nitrogen functional groups attached to an aromatic ring is 1. The molecular formula is C11H13N3O4S. The highest BCUT2D eigenvalue weighted by molar-refractivity contribution is 7.92. The molecule has 0 saturated heterocycles. The lowest BCUT2D eigenvalue weighted by Crippen LogP contribution is -2.13. The van der Waals surface area contributed by atoms with Crippen LogP contribution in [0, 0.1) is 6.92 Å². The van der Waals surface area contributed by atoms with Gasteiger partial charge in [-0.1, -0.05) is 5.16 Å². The first kappa shape index (κ1) is 13.4. The van der Waals surface area contributed by atoms with Crippen LogP contribution in [0.2, 0.25) is 0 Å². The Morgan fingerprint density at radius 1 is 1.37 bits per heavy atom. The summed E-state index contributed by atoms with van der Waals surface area (Å²) < 4.78 is 31.2. The average molecular weight is 283 g/mol. The zero-order chi connectivity index (χ0) is 14.0. The van der Waals surface area contributed by atoms with Crippen LogP contribution in [0.1, 0.15) is 11.3 Å². The maximum atomic E-state index is 12.1. The average Bonchev–Trinajstić information content (AvgIpc) is 2.69. The molecule has 1 aromatic heterocycles. The van der Waals surface area contributed by atoms with E-state index in [0.29, 0.717) is 16.9 Å². The van der Waals surface area contributed by atoms with E-state index in [-0.39, 0.29) is 17.4 Å².